The number of aliphatic carboxylic acids is 1. The summed E-state index contributed by atoms with van der Waals surface area (Å²) in [7, 11) is -3.47. The summed E-state index contributed by atoms with van der Waals surface area (Å²) in [5, 5.41) is 8.69. The van der Waals surface area contributed by atoms with E-state index >= 15 is 0 Å². The highest BCUT2D eigenvalue weighted by molar-refractivity contribution is 7.90. The van der Waals surface area contributed by atoms with Crippen LogP contribution in [0.25, 0.3) is 0 Å². The van der Waals surface area contributed by atoms with Gasteiger partial charge in [-0.2, -0.15) is 0 Å². The molecule has 0 heterocycles. The number of nitrogens with one attached hydrogen (secondary N) is 1. The summed E-state index contributed by atoms with van der Waals surface area (Å²) in [6, 6.07) is 8.38. The van der Waals surface area contributed by atoms with Crippen molar-refractivity contribution in [1.82, 2.24) is 4.72 Å². The van der Waals surface area contributed by atoms with Gasteiger partial charge in [0.15, 0.2) is 0 Å². The molecule has 1 atom stereocenters. The minimum atomic E-state index is -3.47. The van der Waals surface area contributed by atoms with Gasteiger partial charge in [0, 0.05) is 0 Å². The van der Waals surface area contributed by atoms with E-state index in [1.165, 1.54) is 0 Å². The molecule has 2 rings (SSSR count). The number of aryl methyl sites for hydroxylation is 1. The third-order valence-corrected chi connectivity index (χ3v) is 5.09. The summed E-state index contributed by atoms with van der Waals surface area (Å²) in [5.74, 6) is -1.12. The number of carbonyl (C=O) groups is 1. The molecule has 1 fully saturated rings. The molecule has 0 radical (unpaired) electrons. The predicted molar refractivity (Wildman–Crippen MR) is 71.3 cm³/mol. The van der Waals surface area contributed by atoms with E-state index in [-0.39, 0.29) is 6.42 Å². The Labute approximate surface area is 112 Å². The molecule has 1 saturated carbocycles. The Bertz CT molecular complexity index is 537. The zero-order valence-electron chi connectivity index (χ0n) is 10.5. The Balaban J connectivity index is 1.95. The number of carboxylic acid groups (broad SMARTS) is 1. The maximum absolute atomic E-state index is 11.7. The molecule has 104 valence electrons. The maximum atomic E-state index is 11.7. The van der Waals surface area contributed by atoms with Crippen LogP contribution in [0.1, 0.15) is 24.8 Å². The zero-order chi connectivity index (χ0) is 13.9. The summed E-state index contributed by atoms with van der Waals surface area (Å²) in [4.78, 5) is 11.1. The first-order valence-electron chi connectivity index (χ1n) is 6.27. The molecular formula is C13H17NO4S. The fraction of sp³-hybridized carbons (Fsp3) is 0.462. The van der Waals surface area contributed by atoms with Crippen molar-refractivity contribution in [3.63, 3.8) is 0 Å². The van der Waals surface area contributed by atoms with Crippen LogP contribution in [-0.4, -0.2) is 30.8 Å². The largest absolute Gasteiger partial charge is 0.480 e. The van der Waals surface area contributed by atoms with Crippen molar-refractivity contribution >= 4 is 16.0 Å². The van der Waals surface area contributed by atoms with Crippen molar-refractivity contribution < 1.29 is 18.3 Å². The Morgan fingerprint density at radius 1 is 1.32 bits per heavy atom. The fourth-order valence-electron chi connectivity index (χ4n) is 1.86. The minimum absolute atomic E-state index is 0.255. The van der Waals surface area contributed by atoms with Crippen LogP contribution >= 0.6 is 0 Å². The molecule has 0 aromatic heterocycles. The van der Waals surface area contributed by atoms with Gasteiger partial charge in [0.1, 0.15) is 6.04 Å². The molecule has 1 aromatic carbocycles. The Kier molecular flexibility index (Phi) is 4.21. The molecule has 19 heavy (non-hydrogen) atoms. The van der Waals surface area contributed by atoms with E-state index in [4.69, 9.17) is 5.11 Å². The summed E-state index contributed by atoms with van der Waals surface area (Å²) >= 11 is 0. The van der Waals surface area contributed by atoms with E-state index in [9.17, 15) is 13.2 Å². The van der Waals surface area contributed by atoms with Crippen LogP contribution < -0.4 is 4.72 Å². The van der Waals surface area contributed by atoms with E-state index in [1.807, 2.05) is 30.3 Å². The molecule has 0 bridgehead atoms. The van der Waals surface area contributed by atoms with Gasteiger partial charge in [0.2, 0.25) is 10.0 Å². The van der Waals surface area contributed by atoms with Crippen molar-refractivity contribution in [2.75, 3.05) is 0 Å². The molecule has 1 aromatic rings. The average molecular weight is 283 g/mol. The van der Waals surface area contributed by atoms with Gasteiger partial charge < -0.3 is 5.11 Å². The van der Waals surface area contributed by atoms with Gasteiger partial charge in [-0.25, -0.2) is 13.1 Å². The van der Waals surface area contributed by atoms with E-state index in [0.29, 0.717) is 19.3 Å². The lowest BCUT2D eigenvalue weighted by molar-refractivity contribution is -0.139. The fourth-order valence-corrected chi connectivity index (χ4v) is 3.43. The molecule has 2 N–H and O–H groups in total. The third kappa shape index (κ3) is 4.04. The number of carboxylic acids is 1. The molecule has 1 aliphatic rings. The van der Waals surface area contributed by atoms with Crippen molar-refractivity contribution in [1.29, 1.82) is 0 Å². The third-order valence-electron chi connectivity index (χ3n) is 3.13. The lowest BCUT2D eigenvalue weighted by Crippen LogP contribution is -2.42. The van der Waals surface area contributed by atoms with Crippen molar-refractivity contribution in [3.05, 3.63) is 35.9 Å². The Morgan fingerprint density at radius 2 is 1.95 bits per heavy atom. The first-order valence-corrected chi connectivity index (χ1v) is 7.81. The van der Waals surface area contributed by atoms with Crippen LogP contribution in [-0.2, 0) is 21.2 Å². The van der Waals surface area contributed by atoms with Crippen molar-refractivity contribution in [3.8, 4) is 0 Å². The van der Waals surface area contributed by atoms with Gasteiger partial charge in [-0.3, -0.25) is 4.79 Å². The first-order chi connectivity index (χ1) is 8.99. The molecule has 0 saturated heterocycles. The molecule has 0 spiro atoms. The standard InChI is InChI=1S/C13H17NO4S/c15-13(16)12(14-19(17,18)11-7-8-11)9-6-10-4-2-1-3-5-10/h1-5,11-12,14H,6-9H2,(H,15,16). The lowest BCUT2D eigenvalue weighted by Gasteiger charge is -2.14. The van der Waals surface area contributed by atoms with E-state index in [1.54, 1.807) is 0 Å². The summed E-state index contributed by atoms with van der Waals surface area (Å²) in [5.41, 5.74) is 0.999. The minimum Gasteiger partial charge on any atom is -0.480 e. The van der Waals surface area contributed by atoms with Gasteiger partial charge in [0.05, 0.1) is 5.25 Å². The van der Waals surface area contributed by atoms with Crippen LogP contribution in [0.3, 0.4) is 0 Å². The van der Waals surface area contributed by atoms with Gasteiger partial charge in [-0.15, -0.1) is 0 Å². The second kappa shape index (κ2) is 5.71. The van der Waals surface area contributed by atoms with Gasteiger partial charge >= 0.3 is 5.97 Å². The molecular weight excluding hydrogens is 266 g/mol. The lowest BCUT2D eigenvalue weighted by atomic mass is 10.1. The van der Waals surface area contributed by atoms with Crippen LogP contribution in [0.2, 0.25) is 0 Å². The highest BCUT2D eigenvalue weighted by Crippen LogP contribution is 2.27. The molecule has 0 aliphatic heterocycles. The monoisotopic (exact) mass is 283 g/mol. The summed E-state index contributed by atoms with van der Waals surface area (Å²) in [6.07, 6.45) is 2.04. The Morgan fingerprint density at radius 3 is 2.47 bits per heavy atom. The second-order valence-electron chi connectivity index (χ2n) is 4.78. The van der Waals surface area contributed by atoms with Crippen LogP contribution in [0.5, 0.6) is 0 Å². The predicted octanol–water partition coefficient (Wildman–Crippen LogP) is 1.15. The number of rotatable bonds is 7. The van der Waals surface area contributed by atoms with Crippen molar-refractivity contribution in [2.45, 2.75) is 37.0 Å². The topological polar surface area (TPSA) is 83.5 Å². The second-order valence-corrected chi connectivity index (χ2v) is 6.77. The zero-order valence-corrected chi connectivity index (χ0v) is 11.3. The number of hydrogen-bond acceptors (Lipinski definition) is 3. The van der Waals surface area contributed by atoms with Gasteiger partial charge in [-0.05, 0) is 31.2 Å². The van der Waals surface area contributed by atoms with Gasteiger partial charge in [0.25, 0.3) is 0 Å². The van der Waals surface area contributed by atoms with E-state index in [0.717, 1.165) is 5.56 Å². The molecule has 0 amide bonds. The number of benzene rings is 1. The average Bonchev–Trinajstić information content (AvgIpc) is 3.20. The van der Waals surface area contributed by atoms with Crippen LogP contribution in [0.15, 0.2) is 30.3 Å². The quantitative estimate of drug-likeness (QED) is 0.786. The molecule has 1 unspecified atom stereocenters. The maximum Gasteiger partial charge on any atom is 0.321 e. The SMILES string of the molecule is O=C(O)C(CCc1ccccc1)NS(=O)(=O)C1CC1. The summed E-state index contributed by atoms with van der Waals surface area (Å²) in [6.45, 7) is 0. The Hall–Kier alpha value is -1.40. The number of sulfonamides is 1. The molecule has 1 aliphatic carbocycles. The van der Waals surface area contributed by atoms with Crippen LogP contribution in [0, 0.1) is 0 Å². The first kappa shape index (κ1) is 14.0. The van der Waals surface area contributed by atoms with Crippen molar-refractivity contribution in [2.24, 2.45) is 0 Å². The van der Waals surface area contributed by atoms with Crippen LogP contribution in [0.4, 0.5) is 0 Å². The molecule has 6 heteroatoms. The summed E-state index contributed by atoms with van der Waals surface area (Å²) < 4.78 is 25.8. The highest BCUT2D eigenvalue weighted by atomic mass is 32.2. The van der Waals surface area contributed by atoms with Gasteiger partial charge in [-0.1, -0.05) is 30.3 Å². The smallest absolute Gasteiger partial charge is 0.321 e. The van der Waals surface area contributed by atoms with E-state index < -0.39 is 27.3 Å². The number of hydrogen-bond donors (Lipinski definition) is 2. The normalized spacial score (nSPS) is 17.1. The highest BCUT2D eigenvalue weighted by Gasteiger charge is 2.38. The molecule has 5 nitrogen and oxygen atoms in total. The van der Waals surface area contributed by atoms with E-state index in [2.05, 4.69) is 4.72 Å².